The Morgan fingerprint density at radius 1 is 1.03 bits per heavy atom. The zero-order valence-corrected chi connectivity index (χ0v) is 19.8. The molecule has 0 aliphatic heterocycles. The van der Waals surface area contributed by atoms with Gasteiger partial charge in [-0.25, -0.2) is 13.4 Å². The molecule has 0 saturated heterocycles. The smallest absolute Gasteiger partial charge is 0.269 e. The third kappa shape index (κ3) is 4.82. The van der Waals surface area contributed by atoms with Gasteiger partial charge in [0, 0.05) is 41.6 Å². The molecular formula is C23H20N4O7S. The van der Waals surface area contributed by atoms with Gasteiger partial charge in [0.25, 0.3) is 11.2 Å². The van der Waals surface area contributed by atoms with Crippen LogP contribution in [-0.2, 0) is 16.4 Å². The summed E-state index contributed by atoms with van der Waals surface area (Å²) in [4.78, 5) is 32.3. The number of hydrogen-bond acceptors (Lipinski definition) is 9. The second-order valence-corrected chi connectivity index (χ2v) is 9.59. The molecule has 0 bridgehead atoms. The monoisotopic (exact) mass is 496 g/mol. The highest BCUT2D eigenvalue weighted by atomic mass is 32.2. The van der Waals surface area contributed by atoms with E-state index < -0.39 is 25.5 Å². The zero-order chi connectivity index (χ0) is 25.3. The van der Waals surface area contributed by atoms with Crippen molar-refractivity contribution in [2.45, 2.75) is 11.7 Å². The molecule has 2 heterocycles. The summed E-state index contributed by atoms with van der Waals surface area (Å²) in [6, 6.07) is 12.3. The number of nitrogens with zero attached hydrogens (tertiary/aromatic N) is 4. The second kappa shape index (κ2) is 9.14. The maximum atomic E-state index is 13.7. The summed E-state index contributed by atoms with van der Waals surface area (Å²) in [7, 11) is -0.753. The molecule has 35 heavy (non-hydrogen) atoms. The number of nitro benzene ring substituents is 1. The first-order chi connectivity index (χ1) is 16.6. The van der Waals surface area contributed by atoms with Crippen LogP contribution in [0.5, 0.6) is 11.5 Å². The van der Waals surface area contributed by atoms with E-state index in [0.29, 0.717) is 28.0 Å². The molecule has 12 heteroatoms. The van der Waals surface area contributed by atoms with Crippen molar-refractivity contribution in [3.05, 3.63) is 80.8 Å². The number of aromatic nitrogens is 3. The van der Waals surface area contributed by atoms with E-state index >= 15 is 0 Å². The van der Waals surface area contributed by atoms with Crippen LogP contribution in [0.1, 0.15) is 5.56 Å². The van der Waals surface area contributed by atoms with Gasteiger partial charge < -0.3 is 9.47 Å². The minimum absolute atomic E-state index is 0.0114. The number of pyridine rings is 1. The number of fused-ring (bicyclic) bond motifs is 1. The summed E-state index contributed by atoms with van der Waals surface area (Å²) >= 11 is 0. The summed E-state index contributed by atoms with van der Waals surface area (Å²) in [5.41, 5.74) is 0.945. The van der Waals surface area contributed by atoms with Crippen molar-refractivity contribution in [3.8, 4) is 22.6 Å². The lowest BCUT2D eigenvalue weighted by Crippen LogP contribution is -2.24. The van der Waals surface area contributed by atoms with E-state index in [9.17, 15) is 23.3 Å². The predicted molar refractivity (Wildman–Crippen MR) is 128 cm³/mol. The second-order valence-electron chi connectivity index (χ2n) is 7.68. The number of hydrogen-bond donors (Lipinski definition) is 0. The van der Waals surface area contributed by atoms with Crippen LogP contribution >= 0.6 is 0 Å². The highest BCUT2D eigenvalue weighted by Gasteiger charge is 2.18. The molecule has 0 unspecified atom stereocenters. The number of rotatable bonds is 7. The van der Waals surface area contributed by atoms with Gasteiger partial charge >= 0.3 is 0 Å². The van der Waals surface area contributed by atoms with Crippen molar-refractivity contribution in [1.82, 2.24) is 14.5 Å². The van der Waals surface area contributed by atoms with Gasteiger partial charge in [-0.1, -0.05) is 12.1 Å². The van der Waals surface area contributed by atoms with Crippen molar-refractivity contribution in [3.63, 3.8) is 0 Å². The van der Waals surface area contributed by atoms with E-state index in [4.69, 9.17) is 9.47 Å². The van der Waals surface area contributed by atoms with E-state index in [2.05, 4.69) is 9.97 Å². The van der Waals surface area contributed by atoms with Crippen molar-refractivity contribution < 1.29 is 22.8 Å². The number of sulfone groups is 1. The van der Waals surface area contributed by atoms with Crippen LogP contribution in [0.3, 0.4) is 0 Å². The zero-order valence-electron chi connectivity index (χ0n) is 19.0. The van der Waals surface area contributed by atoms with Gasteiger partial charge in [0.15, 0.2) is 0 Å². The molecule has 0 spiro atoms. The Bertz CT molecular complexity index is 1590. The third-order valence-corrected chi connectivity index (χ3v) is 6.15. The largest absolute Gasteiger partial charge is 0.497 e. The van der Waals surface area contributed by atoms with Crippen LogP contribution in [0.4, 0.5) is 5.69 Å². The molecule has 4 aromatic rings. The summed E-state index contributed by atoms with van der Waals surface area (Å²) in [5.74, 6) is 0.953. The normalized spacial score (nSPS) is 11.4. The summed E-state index contributed by atoms with van der Waals surface area (Å²) in [6.07, 6.45) is 2.31. The molecule has 0 saturated carbocycles. The van der Waals surface area contributed by atoms with Gasteiger partial charge in [0.05, 0.1) is 25.7 Å². The predicted octanol–water partition coefficient (Wildman–Crippen LogP) is 2.84. The van der Waals surface area contributed by atoms with Gasteiger partial charge in [0.1, 0.15) is 17.1 Å². The van der Waals surface area contributed by atoms with Crippen LogP contribution < -0.4 is 15.0 Å². The number of benzene rings is 2. The fraction of sp³-hybridized carbons (Fsp3) is 0.174. The molecule has 0 radical (unpaired) electrons. The van der Waals surface area contributed by atoms with Gasteiger partial charge in [0.2, 0.25) is 15.0 Å². The van der Waals surface area contributed by atoms with Crippen LogP contribution in [0.15, 0.2) is 64.7 Å². The molecule has 0 aliphatic rings. The van der Waals surface area contributed by atoms with E-state index in [0.717, 1.165) is 6.26 Å². The Labute approximate surface area is 199 Å². The lowest BCUT2D eigenvalue weighted by Gasteiger charge is -2.14. The molecule has 180 valence electrons. The van der Waals surface area contributed by atoms with E-state index in [1.807, 2.05) is 0 Å². The van der Waals surface area contributed by atoms with Crippen LogP contribution in [-0.4, -0.2) is 48.4 Å². The van der Waals surface area contributed by atoms with Gasteiger partial charge in [-0.2, -0.15) is 4.98 Å². The number of non-ortho nitro benzene ring substituents is 1. The molecule has 0 aliphatic carbocycles. The summed E-state index contributed by atoms with van der Waals surface area (Å²) < 4.78 is 36.1. The first-order valence-corrected chi connectivity index (χ1v) is 12.1. The van der Waals surface area contributed by atoms with Gasteiger partial charge in [-0.3, -0.25) is 19.5 Å². The van der Waals surface area contributed by atoms with E-state index in [1.165, 1.54) is 49.2 Å². The van der Waals surface area contributed by atoms with Crippen molar-refractivity contribution >= 4 is 26.6 Å². The maximum Gasteiger partial charge on any atom is 0.269 e. The quantitative estimate of drug-likeness (QED) is 0.214. The SMILES string of the molecule is COc1cc(OC)cc(-c2cc3cnc(S(C)(=O)=O)nc3n(Cc3ccc([N+](=O)[O-])cc3)c2=O)c1. The van der Waals surface area contributed by atoms with Gasteiger partial charge in [-0.15, -0.1) is 0 Å². The highest BCUT2D eigenvalue weighted by molar-refractivity contribution is 7.90. The van der Waals surface area contributed by atoms with Crippen LogP contribution in [0.2, 0.25) is 0 Å². The Morgan fingerprint density at radius 3 is 2.20 bits per heavy atom. The average Bonchev–Trinajstić information content (AvgIpc) is 2.84. The molecule has 2 aromatic carbocycles. The molecular weight excluding hydrogens is 476 g/mol. The molecule has 0 N–H and O–H groups in total. The minimum Gasteiger partial charge on any atom is -0.497 e. The van der Waals surface area contributed by atoms with Crippen molar-refractivity contribution in [2.24, 2.45) is 0 Å². The lowest BCUT2D eigenvalue weighted by atomic mass is 10.0. The Kier molecular flexibility index (Phi) is 6.22. The summed E-state index contributed by atoms with van der Waals surface area (Å²) in [5, 5.41) is 11.0. The Hall–Kier alpha value is -4.32. The molecule has 4 rings (SSSR count). The van der Waals surface area contributed by atoms with E-state index in [-0.39, 0.29) is 23.4 Å². The first-order valence-electron chi connectivity index (χ1n) is 10.2. The molecule has 0 atom stereocenters. The lowest BCUT2D eigenvalue weighted by molar-refractivity contribution is -0.384. The fourth-order valence-corrected chi connectivity index (χ4v) is 4.04. The Balaban J connectivity index is 1.98. The first kappa shape index (κ1) is 23.8. The number of methoxy groups -OCH3 is 2. The standard InChI is InChI=1S/C23H20N4O7S/c1-33-18-8-15(9-19(11-18)34-2)20-10-16-12-24-23(35(3,31)32)25-21(16)26(22(20)28)13-14-4-6-17(7-5-14)27(29)30/h4-12H,13H2,1-3H3. The highest BCUT2D eigenvalue weighted by Crippen LogP contribution is 2.29. The topological polar surface area (TPSA) is 144 Å². The molecule has 2 aromatic heterocycles. The minimum atomic E-state index is -3.74. The molecule has 0 amide bonds. The fourth-order valence-electron chi connectivity index (χ4n) is 3.54. The van der Waals surface area contributed by atoms with E-state index in [1.54, 1.807) is 24.3 Å². The van der Waals surface area contributed by atoms with Crippen molar-refractivity contribution in [2.75, 3.05) is 20.5 Å². The Morgan fingerprint density at radius 2 is 1.66 bits per heavy atom. The van der Waals surface area contributed by atoms with Gasteiger partial charge in [-0.05, 0) is 29.3 Å². The maximum absolute atomic E-state index is 13.7. The van der Waals surface area contributed by atoms with Crippen molar-refractivity contribution in [1.29, 1.82) is 0 Å². The number of ether oxygens (including phenoxy) is 2. The van der Waals surface area contributed by atoms with Crippen LogP contribution in [0, 0.1) is 10.1 Å². The summed E-state index contributed by atoms with van der Waals surface area (Å²) in [6.45, 7) is -0.0114. The molecule has 0 fully saturated rings. The van der Waals surface area contributed by atoms with Crippen LogP contribution in [0.25, 0.3) is 22.2 Å². The average molecular weight is 497 g/mol. The number of nitro groups is 1. The third-order valence-electron chi connectivity index (χ3n) is 5.29. The molecule has 11 nitrogen and oxygen atoms in total.